The standard InChI is InChI=1S/C10H10O2.C2H6/c1-9(11)12-8-10-6-4-2-3-5-7-10;1-2/h2-6H,8H2,1H3;1-2H3. The van der Waals surface area contributed by atoms with E-state index in [1.807, 2.05) is 38.2 Å². The van der Waals surface area contributed by atoms with Gasteiger partial charge in [-0.3, -0.25) is 4.79 Å². The van der Waals surface area contributed by atoms with Crippen LogP contribution >= 0.6 is 0 Å². The largest absolute Gasteiger partial charge is 0.460 e. The van der Waals surface area contributed by atoms with Gasteiger partial charge in [-0.15, -0.1) is 5.73 Å². The van der Waals surface area contributed by atoms with E-state index in [-0.39, 0.29) is 5.97 Å². The molecule has 0 N–H and O–H groups in total. The molecule has 1 aliphatic carbocycles. The number of hydrogen-bond donors (Lipinski definition) is 0. The molecule has 14 heavy (non-hydrogen) atoms. The first-order valence-electron chi connectivity index (χ1n) is 4.71. The van der Waals surface area contributed by atoms with Gasteiger partial charge in [-0.1, -0.05) is 32.1 Å². The van der Waals surface area contributed by atoms with Crippen molar-refractivity contribution in [2.45, 2.75) is 20.8 Å². The van der Waals surface area contributed by atoms with Crippen LogP contribution in [0.25, 0.3) is 0 Å². The van der Waals surface area contributed by atoms with Crippen LogP contribution in [0.15, 0.2) is 41.7 Å². The van der Waals surface area contributed by atoms with Crippen molar-refractivity contribution < 1.29 is 9.53 Å². The van der Waals surface area contributed by atoms with E-state index in [1.165, 1.54) is 6.92 Å². The maximum absolute atomic E-state index is 10.5. The summed E-state index contributed by atoms with van der Waals surface area (Å²) in [6, 6.07) is 0. The predicted octanol–water partition coefficient (Wildman–Crippen LogP) is 2.78. The number of esters is 1. The summed E-state index contributed by atoms with van der Waals surface area (Å²) in [6.07, 6.45) is 9.31. The fourth-order valence-corrected chi connectivity index (χ4v) is 0.764. The second kappa shape index (κ2) is 8.09. The first-order chi connectivity index (χ1) is 6.79. The van der Waals surface area contributed by atoms with Crippen LogP contribution in [0, 0.1) is 0 Å². The van der Waals surface area contributed by atoms with E-state index >= 15 is 0 Å². The molecule has 0 aromatic heterocycles. The lowest BCUT2D eigenvalue weighted by atomic mass is 10.3. The third-order valence-electron chi connectivity index (χ3n) is 1.32. The van der Waals surface area contributed by atoms with Crippen molar-refractivity contribution in [1.29, 1.82) is 0 Å². The topological polar surface area (TPSA) is 26.3 Å². The van der Waals surface area contributed by atoms with Crippen molar-refractivity contribution in [1.82, 2.24) is 0 Å². The lowest BCUT2D eigenvalue weighted by Gasteiger charge is -1.98. The van der Waals surface area contributed by atoms with Crippen molar-refractivity contribution >= 4 is 5.97 Å². The molecule has 0 aliphatic heterocycles. The zero-order chi connectivity index (χ0) is 10.8. The molecule has 2 nitrogen and oxygen atoms in total. The molecule has 0 atom stereocenters. The summed E-state index contributed by atoms with van der Waals surface area (Å²) in [6.45, 7) is 5.69. The molecule has 76 valence electrons. The highest BCUT2D eigenvalue weighted by molar-refractivity contribution is 5.66. The monoisotopic (exact) mass is 192 g/mol. The van der Waals surface area contributed by atoms with Gasteiger partial charge >= 0.3 is 5.97 Å². The van der Waals surface area contributed by atoms with E-state index in [4.69, 9.17) is 4.74 Å². The van der Waals surface area contributed by atoms with E-state index < -0.39 is 0 Å². The molecule has 0 amide bonds. The minimum Gasteiger partial charge on any atom is -0.460 e. The summed E-state index contributed by atoms with van der Waals surface area (Å²) in [5.41, 5.74) is 3.85. The highest BCUT2D eigenvalue weighted by Crippen LogP contribution is 1.99. The molecule has 0 heterocycles. The van der Waals surface area contributed by atoms with Gasteiger partial charge in [0.1, 0.15) is 6.61 Å². The molecule has 0 unspecified atom stereocenters. The van der Waals surface area contributed by atoms with E-state index in [9.17, 15) is 4.79 Å². The Morgan fingerprint density at radius 1 is 1.36 bits per heavy atom. The Morgan fingerprint density at radius 2 is 2.07 bits per heavy atom. The van der Waals surface area contributed by atoms with E-state index in [0.29, 0.717) is 6.61 Å². The Morgan fingerprint density at radius 3 is 2.71 bits per heavy atom. The van der Waals surface area contributed by atoms with Gasteiger partial charge in [0.2, 0.25) is 0 Å². The van der Waals surface area contributed by atoms with Crippen molar-refractivity contribution in [3.05, 3.63) is 41.7 Å². The van der Waals surface area contributed by atoms with E-state index in [2.05, 4.69) is 5.73 Å². The Labute approximate surface area is 85.3 Å². The lowest BCUT2D eigenvalue weighted by molar-refractivity contribution is -0.139. The number of allylic oxidation sites excluding steroid dienone is 3. The Hall–Kier alpha value is -1.53. The Bertz CT molecular complexity index is 289. The van der Waals surface area contributed by atoms with Gasteiger partial charge in [0.25, 0.3) is 0 Å². The molecular formula is C12H16O2. The fraction of sp³-hybridized carbons (Fsp3) is 0.333. The molecule has 0 saturated heterocycles. The highest BCUT2D eigenvalue weighted by atomic mass is 16.5. The minimum absolute atomic E-state index is 0.269. The van der Waals surface area contributed by atoms with Crippen LogP contribution in [0.5, 0.6) is 0 Å². The minimum atomic E-state index is -0.269. The predicted molar refractivity (Wildman–Crippen MR) is 57.9 cm³/mol. The van der Waals surface area contributed by atoms with Gasteiger partial charge in [0, 0.05) is 12.5 Å². The van der Waals surface area contributed by atoms with Crippen LogP contribution in [0.3, 0.4) is 0 Å². The van der Waals surface area contributed by atoms with Crippen LogP contribution < -0.4 is 0 Å². The summed E-state index contributed by atoms with van der Waals surface area (Å²) in [4.78, 5) is 10.5. The maximum atomic E-state index is 10.5. The third kappa shape index (κ3) is 6.04. The maximum Gasteiger partial charge on any atom is 0.302 e. The normalized spacial score (nSPS) is 12.4. The van der Waals surface area contributed by atoms with E-state index in [1.54, 1.807) is 6.08 Å². The van der Waals surface area contributed by atoms with Gasteiger partial charge < -0.3 is 4.74 Å². The molecule has 0 aromatic rings. The Balaban J connectivity index is 0.000000791. The van der Waals surface area contributed by atoms with Crippen molar-refractivity contribution in [3.8, 4) is 0 Å². The number of ether oxygens (including phenoxy) is 1. The van der Waals surface area contributed by atoms with Crippen molar-refractivity contribution in [3.63, 3.8) is 0 Å². The summed E-state index contributed by atoms with van der Waals surface area (Å²) in [5, 5.41) is 0. The average Bonchev–Trinajstić information content (AvgIpc) is 2.46. The number of carbonyl (C=O) groups is 1. The molecule has 1 aliphatic rings. The zero-order valence-corrected chi connectivity index (χ0v) is 8.91. The molecule has 0 spiro atoms. The van der Waals surface area contributed by atoms with Crippen LogP contribution in [-0.4, -0.2) is 12.6 Å². The smallest absolute Gasteiger partial charge is 0.302 e. The number of hydrogen-bond acceptors (Lipinski definition) is 2. The highest BCUT2D eigenvalue weighted by Gasteiger charge is 1.95. The molecule has 1 rings (SSSR count). The number of rotatable bonds is 2. The van der Waals surface area contributed by atoms with Crippen LogP contribution in [-0.2, 0) is 9.53 Å². The molecule has 0 radical (unpaired) electrons. The molecular weight excluding hydrogens is 176 g/mol. The third-order valence-corrected chi connectivity index (χ3v) is 1.32. The molecule has 0 bridgehead atoms. The molecule has 0 aromatic carbocycles. The van der Waals surface area contributed by atoms with Gasteiger partial charge in [-0.2, -0.15) is 0 Å². The second-order valence-corrected chi connectivity index (χ2v) is 2.36. The number of carbonyl (C=O) groups excluding carboxylic acids is 1. The van der Waals surface area contributed by atoms with Crippen LogP contribution in [0.2, 0.25) is 0 Å². The average molecular weight is 192 g/mol. The van der Waals surface area contributed by atoms with Gasteiger partial charge in [-0.25, -0.2) is 0 Å². The quantitative estimate of drug-likeness (QED) is 0.496. The summed E-state index contributed by atoms with van der Waals surface area (Å²) < 4.78 is 4.80. The summed E-state index contributed by atoms with van der Waals surface area (Å²) in [5.74, 6) is -0.269. The SMILES string of the molecule is CC.CC(=O)OCC1=C=CC=CC=C1. The summed E-state index contributed by atoms with van der Waals surface area (Å²) >= 11 is 0. The zero-order valence-electron chi connectivity index (χ0n) is 8.91. The van der Waals surface area contributed by atoms with Gasteiger partial charge in [0.05, 0.1) is 0 Å². The lowest BCUT2D eigenvalue weighted by Crippen LogP contribution is -2.01. The molecule has 2 heteroatoms. The first-order valence-corrected chi connectivity index (χ1v) is 4.71. The van der Waals surface area contributed by atoms with Crippen molar-refractivity contribution in [2.24, 2.45) is 0 Å². The summed E-state index contributed by atoms with van der Waals surface area (Å²) in [7, 11) is 0. The first kappa shape index (κ1) is 12.5. The van der Waals surface area contributed by atoms with E-state index in [0.717, 1.165) is 5.57 Å². The fourth-order valence-electron chi connectivity index (χ4n) is 0.764. The molecule has 0 saturated carbocycles. The second-order valence-electron chi connectivity index (χ2n) is 2.36. The van der Waals surface area contributed by atoms with Gasteiger partial charge in [0.15, 0.2) is 0 Å². The van der Waals surface area contributed by atoms with Crippen LogP contribution in [0.1, 0.15) is 20.8 Å². The van der Waals surface area contributed by atoms with Gasteiger partial charge in [-0.05, 0) is 12.2 Å². The Kier molecular flexibility index (Phi) is 7.20. The van der Waals surface area contributed by atoms with Crippen LogP contribution in [0.4, 0.5) is 0 Å². The van der Waals surface area contributed by atoms with Crippen molar-refractivity contribution in [2.75, 3.05) is 6.61 Å². The molecule has 0 fully saturated rings.